The predicted molar refractivity (Wildman–Crippen MR) is 131 cm³/mol. The lowest BCUT2D eigenvalue weighted by Gasteiger charge is -2.39. The molecule has 1 saturated heterocycles. The number of hydrogen-bond donors (Lipinski definition) is 0. The first-order valence-electron chi connectivity index (χ1n) is 11.8. The molecule has 0 radical (unpaired) electrons. The van der Waals surface area contributed by atoms with E-state index < -0.39 is 0 Å². The second kappa shape index (κ2) is 9.19. The Morgan fingerprint density at radius 3 is 2.64 bits per heavy atom. The number of ether oxygens (including phenoxy) is 5. The zero-order valence-electron chi connectivity index (χ0n) is 20.4. The van der Waals surface area contributed by atoms with E-state index in [4.69, 9.17) is 23.7 Å². The first-order valence-corrected chi connectivity index (χ1v) is 11.8. The molecule has 6 rings (SSSR count). The highest BCUT2D eigenvalue weighted by atomic mass is 16.6. The summed E-state index contributed by atoms with van der Waals surface area (Å²) in [5, 5.41) is 4.65. The molecule has 1 atom stereocenters. The maximum atomic E-state index is 6.27. The Hall–Kier alpha value is -4.05. The Morgan fingerprint density at radius 1 is 1.00 bits per heavy atom. The number of nitrogens with zero attached hydrogens (tertiary/aromatic N) is 5. The summed E-state index contributed by atoms with van der Waals surface area (Å²) >= 11 is 0. The number of aromatic nitrogens is 4. The van der Waals surface area contributed by atoms with Crippen molar-refractivity contribution in [2.24, 2.45) is 0 Å². The molecule has 1 unspecified atom stereocenters. The van der Waals surface area contributed by atoms with Crippen LogP contribution >= 0.6 is 0 Å². The number of methoxy groups -OCH3 is 3. The van der Waals surface area contributed by atoms with Crippen LogP contribution in [0.4, 0.5) is 5.69 Å². The average molecular weight is 490 g/mol. The predicted octanol–water partition coefficient (Wildman–Crippen LogP) is 3.08. The van der Waals surface area contributed by atoms with Crippen LogP contribution in [-0.2, 0) is 11.2 Å². The zero-order chi connectivity index (χ0) is 24.6. The summed E-state index contributed by atoms with van der Waals surface area (Å²) in [6.07, 6.45) is 6.07. The van der Waals surface area contributed by atoms with Gasteiger partial charge in [0.15, 0.2) is 23.3 Å². The standard InChI is InChI=1S/C26H27N5O5/c1-32-20-13-30(14-20)18-9-24-27-11-19(31(24)29-12-18)6-16-7-21(33-2)26-22(8-16)35-15-23(36-26)17-4-5-25(34-3)28-10-17/h4-5,7-12,20,23H,6,13-15H2,1-3H3. The molecular weight excluding hydrogens is 462 g/mol. The van der Waals surface area contributed by atoms with Gasteiger partial charge in [0.2, 0.25) is 11.6 Å². The number of anilines is 1. The van der Waals surface area contributed by atoms with Crippen LogP contribution in [-0.4, -0.2) is 66.7 Å². The van der Waals surface area contributed by atoms with Gasteiger partial charge in [-0.25, -0.2) is 14.5 Å². The van der Waals surface area contributed by atoms with E-state index in [0.717, 1.165) is 41.2 Å². The number of fused-ring (bicyclic) bond motifs is 2. The summed E-state index contributed by atoms with van der Waals surface area (Å²) < 4.78 is 30.4. The van der Waals surface area contributed by atoms with E-state index in [2.05, 4.69) is 26.0 Å². The first kappa shape index (κ1) is 22.4. The summed E-state index contributed by atoms with van der Waals surface area (Å²) in [6.45, 7) is 2.11. The first-order chi connectivity index (χ1) is 17.6. The molecule has 0 amide bonds. The van der Waals surface area contributed by atoms with Crippen molar-refractivity contribution in [1.82, 2.24) is 19.6 Å². The Balaban J connectivity index is 1.22. The highest BCUT2D eigenvalue weighted by molar-refractivity contribution is 5.58. The Kier molecular flexibility index (Phi) is 5.73. The molecule has 1 aromatic carbocycles. The van der Waals surface area contributed by atoms with Crippen LogP contribution in [0, 0.1) is 0 Å². The number of hydrogen-bond acceptors (Lipinski definition) is 9. The fraction of sp³-hybridized carbons (Fsp3) is 0.346. The third-order valence-electron chi connectivity index (χ3n) is 6.64. The van der Waals surface area contributed by atoms with Gasteiger partial charge in [-0.1, -0.05) is 0 Å². The topological polar surface area (TPSA) is 92.5 Å². The third-order valence-corrected chi connectivity index (χ3v) is 6.64. The maximum absolute atomic E-state index is 6.27. The molecular formula is C26H27N5O5. The van der Waals surface area contributed by atoms with E-state index in [1.54, 1.807) is 33.6 Å². The molecule has 36 heavy (non-hydrogen) atoms. The number of benzene rings is 1. The highest BCUT2D eigenvalue weighted by Gasteiger charge is 2.28. The molecule has 10 nitrogen and oxygen atoms in total. The Labute approximate surface area is 208 Å². The van der Waals surface area contributed by atoms with Crippen molar-refractivity contribution < 1.29 is 23.7 Å². The summed E-state index contributed by atoms with van der Waals surface area (Å²) in [4.78, 5) is 11.1. The molecule has 0 aliphatic carbocycles. The van der Waals surface area contributed by atoms with E-state index in [-0.39, 0.29) is 12.2 Å². The molecule has 0 spiro atoms. The summed E-state index contributed by atoms with van der Waals surface area (Å²) in [7, 11) is 4.96. The van der Waals surface area contributed by atoms with Crippen LogP contribution in [0.15, 0.2) is 48.9 Å². The van der Waals surface area contributed by atoms with Crippen LogP contribution in [0.3, 0.4) is 0 Å². The third kappa shape index (κ3) is 4.03. The van der Waals surface area contributed by atoms with E-state index >= 15 is 0 Å². The van der Waals surface area contributed by atoms with Crippen LogP contribution in [0.5, 0.6) is 23.1 Å². The van der Waals surface area contributed by atoms with E-state index in [1.165, 1.54) is 0 Å². The second-order valence-corrected chi connectivity index (χ2v) is 8.85. The van der Waals surface area contributed by atoms with Crippen LogP contribution < -0.4 is 23.8 Å². The normalized spacial score (nSPS) is 17.2. The van der Waals surface area contributed by atoms with Gasteiger partial charge in [-0.3, -0.25) is 0 Å². The van der Waals surface area contributed by atoms with Crippen LogP contribution in [0.25, 0.3) is 5.65 Å². The van der Waals surface area contributed by atoms with Gasteiger partial charge in [-0.15, -0.1) is 0 Å². The number of pyridine rings is 1. The molecule has 2 aliphatic heterocycles. The van der Waals surface area contributed by atoms with Gasteiger partial charge in [0, 0.05) is 50.5 Å². The fourth-order valence-corrected chi connectivity index (χ4v) is 4.53. The summed E-state index contributed by atoms with van der Waals surface area (Å²) in [6, 6.07) is 9.74. The molecule has 0 saturated carbocycles. The summed E-state index contributed by atoms with van der Waals surface area (Å²) in [5.41, 5.74) is 4.74. The van der Waals surface area contributed by atoms with E-state index in [1.807, 2.05) is 35.1 Å². The molecule has 3 aromatic heterocycles. The molecule has 1 fully saturated rings. The van der Waals surface area contributed by atoms with Gasteiger partial charge >= 0.3 is 0 Å². The van der Waals surface area contributed by atoms with Crippen molar-refractivity contribution in [1.29, 1.82) is 0 Å². The Bertz CT molecular complexity index is 1370. The van der Waals surface area contributed by atoms with Gasteiger partial charge in [0.1, 0.15) is 6.61 Å². The lowest BCUT2D eigenvalue weighted by molar-refractivity contribution is 0.0787. The van der Waals surface area contributed by atoms with Crippen molar-refractivity contribution in [3.8, 4) is 23.1 Å². The number of imidazole rings is 1. The highest BCUT2D eigenvalue weighted by Crippen LogP contribution is 2.44. The smallest absolute Gasteiger partial charge is 0.212 e. The molecule has 0 N–H and O–H groups in total. The minimum Gasteiger partial charge on any atom is -0.493 e. The monoisotopic (exact) mass is 489 g/mol. The minimum absolute atomic E-state index is 0.282. The van der Waals surface area contributed by atoms with Crippen LogP contribution in [0.2, 0.25) is 0 Å². The largest absolute Gasteiger partial charge is 0.493 e. The van der Waals surface area contributed by atoms with E-state index in [0.29, 0.717) is 36.2 Å². The molecule has 0 bridgehead atoms. The lowest BCUT2D eigenvalue weighted by Crippen LogP contribution is -2.51. The van der Waals surface area contributed by atoms with Gasteiger partial charge in [0.25, 0.3) is 0 Å². The van der Waals surface area contributed by atoms with Gasteiger partial charge in [-0.2, -0.15) is 5.10 Å². The lowest BCUT2D eigenvalue weighted by atomic mass is 10.1. The van der Waals surface area contributed by atoms with Crippen molar-refractivity contribution in [3.05, 3.63) is 65.7 Å². The maximum Gasteiger partial charge on any atom is 0.212 e. The second-order valence-electron chi connectivity index (χ2n) is 8.85. The average Bonchev–Trinajstić information content (AvgIpc) is 3.29. The summed E-state index contributed by atoms with van der Waals surface area (Å²) in [5.74, 6) is 2.40. The molecule has 10 heteroatoms. The SMILES string of the molecule is COc1ccc(C2COc3cc(Cc4cnc5cc(N6CC(OC)C6)cnn45)cc(OC)c3O2)cn1. The molecule has 2 aliphatic rings. The van der Waals surface area contributed by atoms with Crippen molar-refractivity contribution >= 4 is 11.3 Å². The van der Waals surface area contributed by atoms with Gasteiger partial charge < -0.3 is 28.6 Å². The Morgan fingerprint density at radius 2 is 1.89 bits per heavy atom. The minimum atomic E-state index is -0.293. The van der Waals surface area contributed by atoms with Gasteiger partial charge in [0.05, 0.1) is 44.1 Å². The molecule has 5 heterocycles. The molecule has 4 aromatic rings. The van der Waals surface area contributed by atoms with Gasteiger partial charge in [-0.05, 0) is 23.8 Å². The zero-order valence-corrected chi connectivity index (χ0v) is 20.4. The molecule has 186 valence electrons. The quantitative estimate of drug-likeness (QED) is 0.388. The van der Waals surface area contributed by atoms with Crippen molar-refractivity contribution in [2.45, 2.75) is 18.6 Å². The van der Waals surface area contributed by atoms with Crippen molar-refractivity contribution in [3.63, 3.8) is 0 Å². The van der Waals surface area contributed by atoms with Crippen LogP contribution in [0.1, 0.15) is 22.9 Å². The van der Waals surface area contributed by atoms with Crippen molar-refractivity contribution in [2.75, 3.05) is 45.9 Å². The van der Waals surface area contributed by atoms with E-state index in [9.17, 15) is 0 Å². The number of rotatable bonds is 7. The fourth-order valence-electron chi connectivity index (χ4n) is 4.53.